The maximum absolute atomic E-state index is 11.8. The lowest BCUT2D eigenvalue weighted by Crippen LogP contribution is -2.48. The minimum absolute atomic E-state index is 0.0298. The second kappa shape index (κ2) is 6.01. The van der Waals surface area contributed by atoms with Crippen molar-refractivity contribution in [3.05, 3.63) is 11.6 Å². The standard InChI is InChI=1S/C12H21N5O2/c1-8(5-6-18)13-12(19)15-10-3-4-11-14-9(2)16-17(11)7-10/h8,10,18H,3-7H2,1-2H3,(H2,13,15,19)/t8-,10?/m1/s1. The van der Waals surface area contributed by atoms with E-state index in [0.717, 1.165) is 24.5 Å². The summed E-state index contributed by atoms with van der Waals surface area (Å²) < 4.78 is 1.86. The van der Waals surface area contributed by atoms with Crippen LogP contribution in [0.5, 0.6) is 0 Å². The van der Waals surface area contributed by atoms with Crippen molar-refractivity contribution in [2.75, 3.05) is 6.61 Å². The van der Waals surface area contributed by atoms with Crippen LogP contribution in [0.2, 0.25) is 0 Å². The summed E-state index contributed by atoms with van der Waals surface area (Å²) in [6, 6.07) is -0.140. The second-order valence-electron chi connectivity index (χ2n) is 5.02. The molecule has 0 radical (unpaired) electrons. The zero-order valence-electron chi connectivity index (χ0n) is 11.4. The largest absolute Gasteiger partial charge is 0.396 e. The zero-order chi connectivity index (χ0) is 13.8. The fourth-order valence-corrected chi connectivity index (χ4v) is 2.27. The molecule has 3 N–H and O–H groups in total. The van der Waals surface area contributed by atoms with Gasteiger partial charge in [-0.2, -0.15) is 5.10 Å². The van der Waals surface area contributed by atoms with Crippen LogP contribution in [0.1, 0.15) is 31.4 Å². The average molecular weight is 267 g/mol. The Labute approximate surface area is 112 Å². The van der Waals surface area contributed by atoms with Gasteiger partial charge in [-0.3, -0.25) is 0 Å². The molecule has 1 aromatic heterocycles. The van der Waals surface area contributed by atoms with E-state index in [0.29, 0.717) is 13.0 Å². The highest BCUT2D eigenvalue weighted by Crippen LogP contribution is 2.12. The lowest BCUT2D eigenvalue weighted by atomic mass is 10.1. The van der Waals surface area contributed by atoms with Crippen molar-refractivity contribution in [1.82, 2.24) is 25.4 Å². The predicted molar refractivity (Wildman–Crippen MR) is 69.7 cm³/mol. The summed E-state index contributed by atoms with van der Waals surface area (Å²) in [4.78, 5) is 16.1. The van der Waals surface area contributed by atoms with E-state index in [9.17, 15) is 4.79 Å². The highest BCUT2D eigenvalue weighted by molar-refractivity contribution is 5.74. The normalized spacial score (nSPS) is 19.6. The lowest BCUT2D eigenvalue weighted by Gasteiger charge is -2.24. The molecule has 0 saturated heterocycles. The summed E-state index contributed by atoms with van der Waals surface area (Å²) in [5.74, 6) is 1.77. The number of carbonyl (C=O) groups is 1. The number of hydrogen-bond acceptors (Lipinski definition) is 4. The summed E-state index contributed by atoms with van der Waals surface area (Å²) in [7, 11) is 0. The van der Waals surface area contributed by atoms with Gasteiger partial charge < -0.3 is 15.7 Å². The van der Waals surface area contributed by atoms with E-state index >= 15 is 0 Å². The maximum atomic E-state index is 11.8. The monoisotopic (exact) mass is 267 g/mol. The van der Waals surface area contributed by atoms with Gasteiger partial charge in [0, 0.05) is 19.1 Å². The highest BCUT2D eigenvalue weighted by Gasteiger charge is 2.22. The van der Waals surface area contributed by atoms with Crippen LogP contribution in [-0.2, 0) is 13.0 Å². The first-order chi connectivity index (χ1) is 9.08. The molecule has 1 unspecified atom stereocenters. The first-order valence-corrected chi connectivity index (χ1v) is 6.66. The van der Waals surface area contributed by atoms with Crippen LogP contribution in [0, 0.1) is 6.92 Å². The first kappa shape index (κ1) is 13.8. The third kappa shape index (κ3) is 3.66. The van der Waals surface area contributed by atoms with Gasteiger partial charge in [-0.25, -0.2) is 14.5 Å². The van der Waals surface area contributed by atoms with Gasteiger partial charge in [0.25, 0.3) is 0 Å². The number of aryl methyl sites for hydroxylation is 2. The Morgan fingerprint density at radius 1 is 1.63 bits per heavy atom. The Morgan fingerprint density at radius 3 is 3.16 bits per heavy atom. The number of amides is 2. The number of aromatic nitrogens is 3. The first-order valence-electron chi connectivity index (χ1n) is 6.66. The number of aliphatic hydroxyl groups excluding tert-OH is 1. The van der Waals surface area contributed by atoms with Gasteiger partial charge in [0.15, 0.2) is 0 Å². The van der Waals surface area contributed by atoms with Gasteiger partial charge >= 0.3 is 6.03 Å². The number of nitrogens with zero attached hydrogens (tertiary/aromatic N) is 3. The number of carbonyl (C=O) groups excluding carboxylic acids is 1. The minimum Gasteiger partial charge on any atom is -0.396 e. The molecule has 2 atom stereocenters. The number of rotatable bonds is 4. The van der Waals surface area contributed by atoms with E-state index < -0.39 is 0 Å². The predicted octanol–water partition coefficient (Wildman–Crippen LogP) is -0.0286. The van der Waals surface area contributed by atoms with Gasteiger partial charge in [-0.15, -0.1) is 0 Å². The smallest absolute Gasteiger partial charge is 0.315 e. The summed E-state index contributed by atoms with van der Waals surface area (Å²) >= 11 is 0. The minimum atomic E-state index is -0.189. The Kier molecular flexibility index (Phi) is 4.36. The Morgan fingerprint density at radius 2 is 2.42 bits per heavy atom. The van der Waals surface area contributed by atoms with Crippen molar-refractivity contribution in [3.63, 3.8) is 0 Å². The number of urea groups is 1. The van der Waals surface area contributed by atoms with Crippen molar-refractivity contribution in [3.8, 4) is 0 Å². The average Bonchev–Trinajstić information content (AvgIpc) is 2.68. The van der Waals surface area contributed by atoms with Gasteiger partial charge in [0.05, 0.1) is 12.6 Å². The van der Waals surface area contributed by atoms with Crippen LogP contribution in [0.3, 0.4) is 0 Å². The Hall–Kier alpha value is -1.63. The lowest BCUT2D eigenvalue weighted by molar-refractivity contribution is 0.223. The van der Waals surface area contributed by atoms with Crippen LogP contribution < -0.4 is 10.6 Å². The molecule has 7 heteroatoms. The summed E-state index contributed by atoms with van der Waals surface area (Å²) in [5.41, 5.74) is 0. The molecule has 0 saturated carbocycles. The molecule has 106 valence electrons. The van der Waals surface area contributed by atoms with Crippen LogP contribution >= 0.6 is 0 Å². The molecule has 2 heterocycles. The molecule has 2 rings (SSSR count). The summed E-state index contributed by atoms with van der Waals surface area (Å²) in [5, 5.41) is 18.8. The fraction of sp³-hybridized carbons (Fsp3) is 0.750. The molecule has 2 amide bonds. The van der Waals surface area contributed by atoms with Gasteiger partial charge in [0.2, 0.25) is 0 Å². The zero-order valence-corrected chi connectivity index (χ0v) is 11.4. The molecular weight excluding hydrogens is 246 g/mol. The molecule has 7 nitrogen and oxygen atoms in total. The van der Waals surface area contributed by atoms with Crippen LogP contribution in [-0.4, -0.2) is 44.6 Å². The SMILES string of the molecule is Cc1nc2n(n1)CC(NC(=O)N[C@H](C)CCO)CC2. The number of fused-ring (bicyclic) bond motifs is 1. The fourth-order valence-electron chi connectivity index (χ4n) is 2.27. The van der Waals surface area contributed by atoms with E-state index in [-0.39, 0.29) is 24.7 Å². The molecule has 0 fully saturated rings. The molecule has 1 aliphatic rings. The molecule has 1 aromatic rings. The van der Waals surface area contributed by atoms with Gasteiger partial charge in [-0.1, -0.05) is 0 Å². The molecule has 19 heavy (non-hydrogen) atoms. The van der Waals surface area contributed by atoms with E-state index in [4.69, 9.17) is 5.11 Å². The quantitative estimate of drug-likeness (QED) is 0.714. The van der Waals surface area contributed by atoms with E-state index in [1.165, 1.54) is 0 Å². The maximum Gasteiger partial charge on any atom is 0.315 e. The number of nitrogens with one attached hydrogen (secondary N) is 2. The summed E-state index contributed by atoms with van der Waals surface area (Å²) in [6.07, 6.45) is 2.27. The number of aliphatic hydroxyl groups is 1. The molecular formula is C12H21N5O2. The molecule has 1 aliphatic heterocycles. The molecule has 0 aliphatic carbocycles. The van der Waals surface area contributed by atoms with Crippen molar-refractivity contribution in [2.45, 2.75) is 51.7 Å². The van der Waals surface area contributed by atoms with Crippen molar-refractivity contribution in [2.24, 2.45) is 0 Å². The molecule has 0 bridgehead atoms. The van der Waals surface area contributed by atoms with Crippen molar-refractivity contribution >= 4 is 6.03 Å². The molecule has 0 aromatic carbocycles. The topological polar surface area (TPSA) is 92.1 Å². The van der Waals surface area contributed by atoms with Crippen LogP contribution in [0.4, 0.5) is 4.79 Å². The van der Waals surface area contributed by atoms with Crippen molar-refractivity contribution < 1.29 is 9.90 Å². The van der Waals surface area contributed by atoms with E-state index in [1.807, 2.05) is 18.5 Å². The second-order valence-corrected chi connectivity index (χ2v) is 5.02. The molecule has 0 spiro atoms. The Bertz CT molecular complexity index is 445. The van der Waals surface area contributed by atoms with E-state index in [2.05, 4.69) is 20.7 Å². The Balaban J connectivity index is 1.83. The third-order valence-corrected chi connectivity index (χ3v) is 3.24. The highest BCUT2D eigenvalue weighted by atomic mass is 16.3. The van der Waals surface area contributed by atoms with Gasteiger partial charge in [-0.05, 0) is 26.7 Å². The summed E-state index contributed by atoms with van der Waals surface area (Å²) in [6.45, 7) is 4.48. The van der Waals surface area contributed by atoms with Crippen LogP contribution in [0.15, 0.2) is 0 Å². The van der Waals surface area contributed by atoms with Crippen LogP contribution in [0.25, 0.3) is 0 Å². The number of hydrogen-bond donors (Lipinski definition) is 3. The third-order valence-electron chi connectivity index (χ3n) is 3.24. The van der Waals surface area contributed by atoms with E-state index in [1.54, 1.807) is 0 Å². The van der Waals surface area contributed by atoms with Gasteiger partial charge in [0.1, 0.15) is 11.6 Å². The van der Waals surface area contributed by atoms with Crippen molar-refractivity contribution in [1.29, 1.82) is 0 Å².